The van der Waals surface area contributed by atoms with Crippen molar-refractivity contribution in [2.45, 2.75) is 45.4 Å². The van der Waals surface area contributed by atoms with Crippen molar-refractivity contribution in [2.24, 2.45) is 0 Å². The highest BCUT2D eigenvalue weighted by molar-refractivity contribution is 5.78. The lowest BCUT2D eigenvalue weighted by Crippen LogP contribution is -2.35. The number of benzene rings is 1. The molecule has 1 aliphatic rings. The van der Waals surface area contributed by atoms with Crippen molar-refractivity contribution >= 4 is 5.91 Å². The molecule has 2 N–H and O–H groups in total. The van der Waals surface area contributed by atoms with Crippen molar-refractivity contribution in [3.05, 3.63) is 23.8 Å². The zero-order chi connectivity index (χ0) is 15.2. The van der Waals surface area contributed by atoms with E-state index >= 15 is 0 Å². The van der Waals surface area contributed by atoms with E-state index in [9.17, 15) is 4.79 Å². The standard InChI is InChI=1S/C16H24N2O3/c1-11(2)21-14-6-4-12(8-15(14)20-3)9-17-10-13-5-7-16(19)18-13/h4,6,8,11,13,17H,5,7,9-10H2,1-3H3,(H,18,19). The Morgan fingerprint density at radius 1 is 1.38 bits per heavy atom. The van der Waals surface area contributed by atoms with Crippen molar-refractivity contribution in [3.8, 4) is 11.5 Å². The van der Waals surface area contributed by atoms with Gasteiger partial charge in [0, 0.05) is 25.6 Å². The second-order valence-corrected chi connectivity index (χ2v) is 5.59. The molecule has 1 heterocycles. The first-order valence-corrected chi connectivity index (χ1v) is 7.42. The van der Waals surface area contributed by atoms with E-state index in [1.165, 1.54) is 0 Å². The van der Waals surface area contributed by atoms with Gasteiger partial charge in [0.2, 0.25) is 5.91 Å². The van der Waals surface area contributed by atoms with Gasteiger partial charge in [-0.2, -0.15) is 0 Å². The third-order valence-electron chi connectivity index (χ3n) is 3.40. The summed E-state index contributed by atoms with van der Waals surface area (Å²) in [5.74, 6) is 1.66. The van der Waals surface area contributed by atoms with E-state index < -0.39 is 0 Å². The van der Waals surface area contributed by atoms with E-state index in [1.807, 2.05) is 32.0 Å². The average molecular weight is 292 g/mol. The Morgan fingerprint density at radius 2 is 2.19 bits per heavy atom. The smallest absolute Gasteiger partial charge is 0.220 e. The minimum Gasteiger partial charge on any atom is -0.493 e. The van der Waals surface area contributed by atoms with E-state index in [4.69, 9.17) is 9.47 Å². The summed E-state index contributed by atoms with van der Waals surface area (Å²) in [5, 5.41) is 6.31. The first-order chi connectivity index (χ1) is 10.1. The summed E-state index contributed by atoms with van der Waals surface area (Å²) in [6.07, 6.45) is 1.67. The normalized spacial score (nSPS) is 17.9. The quantitative estimate of drug-likeness (QED) is 0.805. The predicted octanol–water partition coefficient (Wildman–Crippen LogP) is 1.85. The van der Waals surface area contributed by atoms with Crippen LogP contribution in [0.3, 0.4) is 0 Å². The highest BCUT2D eigenvalue weighted by atomic mass is 16.5. The summed E-state index contributed by atoms with van der Waals surface area (Å²) in [6, 6.07) is 6.20. The topological polar surface area (TPSA) is 59.6 Å². The SMILES string of the molecule is COc1cc(CNCC2CCC(=O)N2)ccc1OC(C)C. The highest BCUT2D eigenvalue weighted by Crippen LogP contribution is 2.28. The Kier molecular flexibility index (Phi) is 5.44. The number of rotatable bonds is 7. The van der Waals surface area contributed by atoms with E-state index in [2.05, 4.69) is 10.6 Å². The Morgan fingerprint density at radius 3 is 2.81 bits per heavy atom. The molecular weight excluding hydrogens is 268 g/mol. The molecule has 1 aromatic rings. The van der Waals surface area contributed by atoms with Crippen LogP contribution in [0.15, 0.2) is 18.2 Å². The van der Waals surface area contributed by atoms with Crippen LogP contribution in [-0.2, 0) is 11.3 Å². The molecule has 1 saturated heterocycles. The van der Waals surface area contributed by atoms with Crippen LogP contribution in [0, 0.1) is 0 Å². The lowest BCUT2D eigenvalue weighted by Gasteiger charge is -2.15. The second kappa shape index (κ2) is 7.31. The van der Waals surface area contributed by atoms with Gasteiger partial charge in [-0.25, -0.2) is 0 Å². The monoisotopic (exact) mass is 292 g/mol. The molecule has 0 aliphatic carbocycles. The third kappa shape index (κ3) is 4.63. The molecule has 21 heavy (non-hydrogen) atoms. The maximum absolute atomic E-state index is 11.1. The van der Waals surface area contributed by atoms with Crippen LogP contribution in [0.4, 0.5) is 0 Å². The molecule has 1 fully saturated rings. The molecule has 1 aromatic carbocycles. The first kappa shape index (κ1) is 15.6. The van der Waals surface area contributed by atoms with Crippen LogP contribution in [0.25, 0.3) is 0 Å². The fourth-order valence-corrected chi connectivity index (χ4v) is 2.39. The largest absolute Gasteiger partial charge is 0.493 e. The zero-order valence-corrected chi connectivity index (χ0v) is 12.9. The Bertz CT molecular complexity index is 488. The summed E-state index contributed by atoms with van der Waals surface area (Å²) in [7, 11) is 1.65. The van der Waals surface area contributed by atoms with Gasteiger partial charge in [-0.1, -0.05) is 6.07 Å². The molecule has 0 aromatic heterocycles. The highest BCUT2D eigenvalue weighted by Gasteiger charge is 2.19. The number of methoxy groups -OCH3 is 1. The molecule has 0 spiro atoms. The maximum atomic E-state index is 11.1. The molecule has 1 atom stereocenters. The number of carbonyl (C=O) groups is 1. The molecule has 0 radical (unpaired) electrons. The summed E-state index contributed by atoms with van der Waals surface area (Å²) >= 11 is 0. The summed E-state index contributed by atoms with van der Waals surface area (Å²) in [5.41, 5.74) is 1.13. The van der Waals surface area contributed by atoms with E-state index in [-0.39, 0.29) is 18.1 Å². The third-order valence-corrected chi connectivity index (χ3v) is 3.40. The van der Waals surface area contributed by atoms with Gasteiger partial charge in [0.05, 0.1) is 13.2 Å². The second-order valence-electron chi connectivity index (χ2n) is 5.59. The van der Waals surface area contributed by atoms with Gasteiger partial charge < -0.3 is 20.1 Å². The van der Waals surface area contributed by atoms with Gasteiger partial charge >= 0.3 is 0 Å². The van der Waals surface area contributed by atoms with Crippen molar-refractivity contribution in [1.29, 1.82) is 0 Å². The van der Waals surface area contributed by atoms with Crippen LogP contribution in [0.5, 0.6) is 11.5 Å². The fraction of sp³-hybridized carbons (Fsp3) is 0.562. The minimum absolute atomic E-state index is 0.119. The molecule has 1 aliphatic heterocycles. The van der Waals surface area contributed by atoms with Crippen LogP contribution < -0.4 is 20.1 Å². The molecule has 116 valence electrons. The summed E-state index contributed by atoms with van der Waals surface area (Å²) in [4.78, 5) is 11.1. The van der Waals surface area contributed by atoms with Crippen molar-refractivity contribution in [2.75, 3.05) is 13.7 Å². The summed E-state index contributed by atoms with van der Waals surface area (Å²) < 4.78 is 11.1. The van der Waals surface area contributed by atoms with Gasteiger partial charge in [-0.05, 0) is 38.0 Å². The van der Waals surface area contributed by atoms with Gasteiger partial charge in [0.25, 0.3) is 0 Å². The van der Waals surface area contributed by atoms with Gasteiger partial charge in [-0.15, -0.1) is 0 Å². The molecule has 1 unspecified atom stereocenters. The first-order valence-electron chi connectivity index (χ1n) is 7.42. The van der Waals surface area contributed by atoms with Crippen LogP contribution in [0.2, 0.25) is 0 Å². The number of hydrogen-bond acceptors (Lipinski definition) is 4. The molecule has 0 saturated carbocycles. The van der Waals surface area contributed by atoms with Crippen LogP contribution in [0.1, 0.15) is 32.3 Å². The van der Waals surface area contributed by atoms with Gasteiger partial charge in [0.1, 0.15) is 0 Å². The van der Waals surface area contributed by atoms with Crippen LogP contribution >= 0.6 is 0 Å². The van der Waals surface area contributed by atoms with Crippen molar-refractivity contribution in [1.82, 2.24) is 10.6 Å². The summed E-state index contributed by atoms with van der Waals surface area (Å²) in [6.45, 7) is 5.51. The van der Waals surface area contributed by atoms with E-state index in [0.717, 1.165) is 36.6 Å². The average Bonchev–Trinajstić information content (AvgIpc) is 2.85. The Labute approximate surface area is 126 Å². The van der Waals surface area contributed by atoms with E-state index in [0.29, 0.717) is 6.42 Å². The zero-order valence-electron chi connectivity index (χ0n) is 12.9. The number of hydrogen-bond donors (Lipinski definition) is 2. The number of carbonyl (C=O) groups excluding carboxylic acids is 1. The number of nitrogens with one attached hydrogen (secondary N) is 2. The van der Waals surface area contributed by atoms with E-state index in [1.54, 1.807) is 7.11 Å². The lowest BCUT2D eigenvalue weighted by atomic mass is 10.2. The molecular formula is C16H24N2O3. The molecule has 5 nitrogen and oxygen atoms in total. The molecule has 5 heteroatoms. The molecule has 1 amide bonds. The van der Waals surface area contributed by atoms with Crippen LogP contribution in [-0.4, -0.2) is 31.7 Å². The van der Waals surface area contributed by atoms with Gasteiger partial charge in [-0.3, -0.25) is 4.79 Å². The minimum atomic E-state index is 0.119. The predicted molar refractivity (Wildman–Crippen MR) is 81.6 cm³/mol. The number of ether oxygens (including phenoxy) is 2. The maximum Gasteiger partial charge on any atom is 0.220 e. The van der Waals surface area contributed by atoms with Crippen molar-refractivity contribution < 1.29 is 14.3 Å². The Balaban J connectivity index is 1.87. The van der Waals surface area contributed by atoms with Crippen molar-refractivity contribution in [3.63, 3.8) is 0 Å². The molecule has 2 rings (SSSR count). The molecule has 0 bridgehead atoms. The van der Waals surface area contributed by atoms with Gasteiger partial charge in [0.15, 0.2) is 11.5 Å². The number of amides is 1. The lowest BCUT2D eigenvalue weighted by molar-refractivity contribution is -0.119. The fourth-order valence-electron chi connectivity index (χ4n) is 2.39. The Hall–Kier alpha value is -1.75.